The van der Waals surface area contributed by atoms with E-state index in [9.17, 15) is 8.42 Å². The molecule has 0 spiro atoms. The summed E-state index contributed by atoms with van der Waals surface area (Å²) in [7, 11) is 1.28. The molecular weight excluding hydrogens is 252 g/mol. The first-order valence-corrected chi connectivity index (χ1v) is 6.68. The molecule has 1 heterocycles. The van der Waals surface area contributed by atoms with Gasteiger partial charge in [-0.25, -0.2) is 13.0 Å². The lowest BCUT2D eigenvalue weighted by molar-refractivity contribution is 0.295. The first kappa shape index (κ1) is 11.1. The molecule has 0 radical (unpaired) electrons. The van der Waals surface area contributed by atoms with Gasteiger partial charge in [0.25, 0.3) is 9.05 Å². The zero-order chi connectivity index (χ0) is 11.6. The highest BCUT2D eigenvalue weighted by Gasteiger charge is 2.22. The van der Waals surface area contributed by atoms with E-state index in [4.69, 9.17) is 10.7 Å². The van der Waals surface area contributed by atoms with Gasteiger partial charge in [-0.1, -0.05) is 35.5 Å². The Labute approximate surface area is 96.4 Å². The molecule has 0 unspecified atom stereocenters. The second kappa shape index (κ2) is 4.23. The summed E-state index contributed by atoms with van der Waals surface area (Å²) in [6.45, 7) is 0. The van der Waals surface area contributed by atoms with E-state index < -0.39 is 9.05 Å². The summed E-state index contributed by atoms with van der Waals surface area (Å²) in [5, 5.41) is 6.48. The van der Waals surface area contributed by atoms with E-state index in [-0.39, 0.29) is 10.7 Å². The van der Waals surface area contributed by atoms with E-state index in [1.165, 1.54) is 0 Å². The second-order valence-corrected chi connectivity index (χ2v) is 5.60. The Morgan fingerprint density at radius 2 is 1.88 bits per heavy atom. The summed E-state index contributed by atoms with van der Waals surface area (Å²) in [4.78, 5) is 0. The largest absolute Gasteiger partial charge is 0.284 e. The summed E-state index contributed by atoms with van der Waals surface area (Å²) >= 11 is 0. The first-order chi connectivity index (χ1) is 7.57. The van der Waals surface area contributed by atoms with Crippen molar-refractivity contribution in [3.8, 4) is 0 Å². The maximum Gasteiger partial charge on any atom is 0.284 e. The average Bonchev–Trinajstić information content (AvgIpc) is 2.67. The third-order valence-electron chi connectivity index (χ3n) is 1.97. The minimum Gasteiger partial charge on any atom is -0.243 e. The van der Waals surface area contributed by atoms with Crippen LogP contribution in [-0.2, 0) is 15.5 Å². The standard InChI is InChI=1S/C9H7ClN2O3S/c10-16(13,14)9-8(11-15-12-9)6-7-4-2-1-3-5-7/h1-5H,6H2. The van der Waals surface area contributed by atoms with Crippen molar-refractivity contribution in [3.05, 3.63) is 41.6 Å². The van der Waals surface area contributed by atoms with E-state index in [0.29, 0.717) is 6.42 Å². The molecule has 0 atom stereocenters. The van der Waals surface area contributed by atoms with Crippen LogP contribution in [0.5, 0.6) is 0 Å². The van der Waals surface area contributed by atoms with Crippen LogP contribution in [0.1, 0.15) is 11.3 Å². The monoisotopic (exact) mass is 258 g/mol. The minimum atomic E-state index is -3.91. The topological polar surface area (TPSA) is 73.1 Å². The molecule has 1 aromatic heterocycles. The Morgan fingerprint density at radius 1 is 1.19 bits per heavy atom. The summed E-state index contributed by atoms with van der Waals surface area (Å²) in [6, 6.07) is 9.25. The fourth-order valence-electron chi connectivity index (χ4n) is 1.28. The zero-order valence-electron chi connectivity index (χ0n) is 8.00. The van der Waals surface area contributed by atoms with Gasteiger partial charge >= 0.3 is 0 Å². The van der Waals surface area contributed by atoms with Gasteiger partial charge in [0.15, 0.2) is 0 Å². The van der Waals surface area contributed by atoms with Gasteiger partial charge in [-0.15, -0.1) is 0 Å². The van der Waals surface area contributed by atoms with E-state index in [1.807, 2.05) is 30.3 Å². The molecule has 0 aliphatic heterocycles. The molecule has 2 aromatic rings. The van der Waals surface area contributed by atoms with Crippen LogP contribution in [0.25, 0.3) is 0 Å². The molecule has 0 fully saturated rings. The van der Waals surface area contributed by atoms with Crippen LogP contribution in [0.2, 0.25) is 0 Å². The van der Waals surface area contributed by atoms with Gasteiger partial charge in [0.2, 0.25) is 5.03 Å². The molecule has 2 rings (SSSR count). The number of hydrogen-bond donors (Lipinski definition) is 0. The molecule has 0 amide bonds. The molecule has 1 aromatic carbocycles. The third kappa shape index (κ3) is 2.40. The number of benzene rings is 1. The SMILES string of the molecule is O=S(=O)(Cl)c1nonc1Cc1ccccc1. The van der Waals surface area contributed by atoms with Crippen LogP contribution < -0.4 is 0 Å². The summed E-state index contributed by atoms with van der Waals surface area (Å²) < 4.78 is 26.6. The van der Waals surface area contributed by atoms with Gasteiger partial charge in [-0.2, -0.15) is 0 Å². The van der Waals surface area contributed by atoms with Gasteiger partial charge in [0.1, 0.15) is 5.69 Å². The van der Waals surface area contributed by atoms with Gasteiger partial charge in [0, 0.05) is 17.1 Å². The van der Waals surface area contributed by atoms with Crippen LogP contribution in [0.4, 0.5) is 0 Å². The van der Waals surface area contributed by atoms with Crippen molar-refractivity contribution < 1.29 is 13.0 Å². The van der Waals surface area contributed by atoms with Crippen LogP contribution in [0.15, 0.2) is 40.0 Å². The van der Waals surface area contributed by atoms with E-state index in [1.54, 1.807) is 0 Å². The number of hydrogen-bond acceptors (Lipinski definition) is 5. The molecular formula is C9H7ClN2O3S. The van der Waals surface area contributed by atoms with Gasteiger partial charge < -0.3 is 0 Å². The lowest BCUT2D eigenvalue weighted by atomic mass is 10.1. The van der Waals surface area contributed by atoms with Crippen molar-refractivity contribution in [1.82, 2.24) is 10.3 Å². The number of rotatable bonds is 3. The van der Waals surface area contributed by atoms with Crippen molar-refractivity contribution >= 4 is 19.7 Å². The fourth-order valence-corrected chi connectivity index (χ4v) is 2.15. The predicted octanol–water partition coefficient (Wildman–Crippen LogP) is 1.59. The lowest BCUT2D eigenvalue weighted by Gasteiger charge is -1.96. The molecule has 7 heteroatoms. The van der Waals surface area contributed by atoms with Crippen LogP contribution >= 0.6 is 10.7 Å². The van der Waals surface area contributed by atoms with Gasteiger partial charge in [-0.05, 0) is 10.7 Å². The minimum absolute atomic E-state index is 0.209. The highest BCUT2D eigenvalue weighted by Crippen LogP contribution is 2.18. The van der Waals surface area contributed by atoms with Crippen LogP contribution in [-0.4, -0.2) is 18.7 Å². The first-order valence-electron chi connectivity index (χ1n) is 4.37. The highest BCUT2D eigenvalue weighted by atomic mass is 35.7. The van der Waals surface area contributed by atoms with Crippen molar-refractivity contribution in [1.29, 1.82) is 0 Å². The van der Waals surface area contributed by atoms with E-state index in [0.717, 1.165) is 5.56 Å². The maximum absolute atomic E-state index is 11.1. The molecule has 0 aliphatic carbocycles. The highest BCUT2D eigenvalue weighted by molar-refractivity contribution is 8.13. The fraction of sp³-hybridized carbons (Fsp3) is 0.111. The Morgan fingerprint density at radius 3 is 2.50 bits per heavy atom. The Balaban J connectivity index is 2.34. The summed E-state index contributed by atoms with van der Waals surface area (Å²) in [6.07, 6.45) is 0.311. The Hall–Kier alpha value is -1.40. The normalized spacial score (nSPS) is 11.6. The Bertz CT molecular complexity index is 580. The smallest absolute Gasteiger partial charge is 0.243 e. The van der Waals surface area contributed by atoms with Crippen molar-refractivity contribution in [3.63, 3.8) is 0 Å². The zero-order valence-corrected chi connectivity index (χ0v) is 9.57. The van der Waals surface area contributed by atoms with E-state index in [2.05, 4.69) is 14.9 Å². The molecule has 84 valence electrons. The second-order valence-electron chi connectivity index (χ2n) is 3.12. The number of halogens is 1. The molecule has 16 heavy (non-hydrogen) atoms. The molecule has 0 saturated heterocycles. The Kier molecular flexibility index (Phi) is 2.93. The molecule has 0 bridgehead atoms. The number of nitrogens with zero attached hydrogens (tertiary/aromatic N) is 2. The third-order valence-corrected chi connectivity index (χ3v) is 3.18. The summed E-state index contributed by atoms with van der Waals surface area (Å²) in [5.41, 5.74) is 1.11. The van der Waals surface area contributed by atoms with Crippen molar-refractivity contribution in [2.75, 3.05) is 0 Å². The number of aromatic nitrogens is 2. The summed E-state index contributed by atoms with van der Waals surface area (Å²) in [5.74, 6) is 0. The predicted molar refractivity (Wildman–Crippen MR) is 56.6 cm³/mol. The molecule has 0 saturated carbocycles. The van der Waals surface area contributed by atoms with Gasteiger partial charge in [0.05, 0.1) is 0 Å². The quantitative estimate of drug-likeness (QED) is 0.782. The molecule has 5 nitrogen and oxygen atoms in total. The lowest BCUT2D eigenvalue weighted by Crippen LogP contribution is -1.98. The van der Waals surface area contributed by atoms with Crippen molar-refractivity contribution in [2.45, 2.75) is 11.4 Å². The van der Waals surface area contributed by atoms with E-state index >= 15 is 0 Å². The molecule has 0 aliphatic rings. The van der Waals surface area contributed by atoms with Gasteiger partial charge in [-0.3, -0.25) is 0 Å². The van der Waals surface area contributed by atoms with Crippen LogP contribution in [0.3, 0.4) is 0 Å². The molecule has 0 N–H and O–H groups in total. The van der Waals surface area contributed by atoms with Crippen LogP contribution in [0, 0.1) is 0 Å². The maximum atomic E-state index is 11.1. The van der Waals surface area contributed by atoms with Crippen molar-refractivity contribution in [2.24, 2.45) is 0 Å². The average molecular weight is 259 g/mol.